The van der Waals surface area contributed by atoms with Crippen LogP contribution in [0.25, 0.3) is 0 Å². The summed E-state index contributed by atoms with van der Waals surface area (Å²) in [6, 6.07) is 9.40. The lowest BCUT2D eigenvalue weighted by atomic mass is 9.79. The molecular weight excluding hydrogens is 291 g/mol. The first-order chi connectivity index (χ1) is 10.8. The van der Waals surface area contributed by atoms with Gasteiger partial charge in [-0.1, -0.05) is 24.3 Å². The van der Waals surface area contributed by atoms with Gasteiger partial charge in [0.2, 0.25) is 0 Å². The Morgan fingerprint density at radius 1 is 1.04 bits per heavy atom. The van der Waals surface area contributed by atoms with E-state index in [-0.39, 0.29) is 23.9 Å². The molecule has 6 heteroatoms. The van der Waals surface area contributed by atoms with Gasteiger partial charge in [0.1, 0.15) is 0 Å². The highest BCUT2D eigenvalue weighted by Crippen LogP contribution is 2.36. The maximum absolute atomic E-state index is 11.7. The van der Waals surface area contributed by atoms with E-state index in [2.05, 4.69) is 4.98 Å². The van der Waals surface area contributed by atoms with E-state index in [4.69, 9.17) is 9.31 Å². The molecule has 0 spiro atoms. The molecule has 0 bridgehead atoms. The zero-order chi connectivity index (χ0) is 16.7. The lowest BCUT2D eigenvalue weighted by Gasteiger charge is -2.32. The Hall–Kier alpha value is -1.92. The van der Waals surface area contributed by atoms with E-state index in [1.807, 2.05) is 52.0 Å². The molecule has 1 aliphatic heterocycles. The number of nitrogens with zero attached hydrogens (tertiary/aromatic N) is 2. The molecule has 23 heavy (non-hydrogen) atoms. The molecule has 120 valence electrons. The van der Waals surface area contributed by atoms with Gasteiger partial charge in [0.15, 0.2) is 0 Å². The zero-order valence-electron chi connectivity index (χ0n) is 13.9. The molecule has 0 amide bonds. The Morgan fingerprint density at radius 3 is 2.22 bits per heavy atom. The lowest BCUT2D eigenvalue weighted by molar-refractivity contribution is 0.00578. The van der Waals surface area contributed by atoms with Gasteiger partial charge >= 0.3 is 7.12 Å². The van der Waals surface area contributed by atoms with E-state index >= 15 is 0 Å². The van der Waals surface area contributed by atoms with Crippen LogP contribution in [0.2, 0.25) is 0 Å². The maximum Gasteiger partial charge on any atom is 0.494 e. The molecule has 0 radical (unpaired) electrons. The minimum atomic E-state index is -0.366. The number of rotatable bonds is 3. The molecule has 0 saturated carbocycles. The molecule has 1 saturated heterocycles. The van der Waals surface area contributed by atoms with E-state index in [9.17, 15) is 4.79 Å². The van der Waals surface area contributed by atoms with Crippen molar-refractivity contribution in [3.63, 3.8) is 0 Å². The second-order valence-corrected chi connectivity index (χ2v) is 6.88. The summed E-state index contributed by atoms with van der Waals surface area (Å²) >= 11 is 0. The van der Waals surface area contributed by atoms with E-state index in [1.54, 1.807) is 10.9 Å². The molecule has 1 aromatic heterocycles. The highest BCUT2D eigenvalue weighted by Gasteiger charge is 2.51. The fraction of sp³-hybridized carbons (Fsp3) is 0.412. The number of aromatic nitrogens is 2. The minimum absolute atomic E-state index is 0.0602. The van der Waals surface area contributed by atoms with Crippen molar-refractivity contribution in [1.82, 2.24) is 9.55 Å². The number of hydrogen-bond acceptors (Lipinski definition) is 4. The predicted octanol–water partition coefficient (Wildman–Crippen LogP) is 1.59. The Balaban J connectivity index is 1.76. The van der Waals surface area contributed by atoms with Crippen molar-refractivity contribution < 1.29 is 9.31 Å². The molecular formula is C17H21BN2O3. The van der Waals surface area contributed by atoms with Gasteiger partial charge in [-0.15, -0.1) is 0 Å². The number of benzene rings is 1. The van der Waals surface area contributed by atoms with Gasteiger partial charge in [-0.25, -0.2) is 4.98 Å². The van der Waals surface area contributed by atoms with Gasteiger partial charge in [-0.3, -0.25) is 9.36 Å². The highest BCUT2D eigenvalue weighted by atomic mass is 16.7. The summed E-state index contributed by atoms with van der Waals surface area (Å²) < 4.78 is 13.7. The van der Waals surface area contributed by atoms with E-state index < -0.39 is 0 Å². The number of hydrogen-bond donors (Lipinski definition) is 0. The lowest BCUT2D eigenvalue weighted by Crippen LogP contribution is -2.41. The van der Waals surface area contributed by atoms with Crippen molar-refractivity contribution in [2.45, 2.75) is 45.4 Å². The van der Waals surface area contributed by atoms with Crippen molar-refractivity contribution in [3.05, 3.63) is 58.8 Å². The zero-order valence-corrected chi connectivity index (χ0v) is 13.9. The normalized spacial score (nSPS) is 19.0. The van der Waals surface area contributed by atoms with Crippen molar-refractivity contribution >= 4 is 12.6 Å². The Bertz CT molecular complexity index is 737. The van der Waals surface area contributed by atoms with Gasteiger partial charge in [-0.2, -0.15) is 0 Å². The van der Waals surface area contributed by atoms with Crippen LogP contribution in [0.15, 0.2) is 47.7 Å². The van der Waals surface area contributed by atoms with Crippen LogP contribution in [0.3, 0.4) is 0 Å². The molecule has 1 aliphatic rings. The standard InChI is InChI=1S/C17H21BN2O3/c1-16(2)17(3,4)23-18(22-16)14-7-5-13(6-8-14)11-20-12-19-10-9-15(20)21/h5-10,12H,11H2,1-4H3. The van der Waals surface area contributed by atoms with Crippen molar-refractivity contribution in [1.29, 1.82) is 0 Å². The van der Waals surface area contributed by atoms with Crippen LogP contribution in [-0.2, 0) is 15.9 Å². The topological polar surface area (TPSA) is 53.4 Å². The smallest absolute Gasteiger partial charge is 0.399 e. The fourth-order valence-corrected chi connectivity index (χ4v) is 2.45. The SMILES string of the molecule is CC1(C)OB(c2ccc(Cn3cnccc3=O)cc2)OC1(C)C. The molecule has 1 aromatic carbocycles. The quantitative estimate of drug-likeness (QED) is 0.808. The van der Waals surface area contributed by atoms with Crippen LogP contribution in [0.4, 0.5) is 0 Å². The third kappa shape index (κ3) is 3.09. The summed E-state index contributed by atoms with van der Waals surface area (Å²) in [7, 11) is -0.366. The van der Waals surface area contributed by atoms with Crippen LogP contribution in [0.1, 0.15) is 33.3 Å². The second-order valence-electron chi connectivity index (χ2n) is 6.88. The van der Waals surface area contributed by atoms with Gasteiger partial charge in [0.25, 0.3) is 5.56 Å². The van der Waals surface area contributed by atoms with Gasteiger partial charge in [-0.05, 0) is 38.7 Å². The molecule has 1 fully saturated rings. The van der Waals surface area contributed by atoms with Crippen LogP contribution < -0.4 is 11.0 Å². The first-order valence-electron chi connectivity index (χ1n) is 7.73. The molecule has 5 nitrogen and oxygen atoms in total. The van der Waals surface area contributed by atoms with Crippen LogP contribution in [-0.4, -0.2) is 27.9 Å². The van der Waals surface area contributed by atoms with Crippen LogP contribution in [0.5, 0.6) is 0 Å². The molecule has 0 aliphatic carbocycles. The molecule has 0 N–H and O–H groups in total. The van der Waals surface area contributed by atoms with E-state index in [0.29, 0.717) is 6.54 Å². The molecule has 2 aromatic rings. The summed E-state index contributed by atoms with van der Waals surface area (Å²) in [4.78, 5) is 15.7. The summed E-state index contributed by atoms with van der Waals surface area (Å²) in [6.45, 7) is 8.65. The largest absolute Gasteiger partial charge is 0.494 e. The Morgan fingerprint density at radius 2 is 1.65 bits per heavy atom. The van der Waals surface area contributed by atoms with Gasteiger partial charge < -0.3 is 9.31 Å². The third-order valence-corrected chi connectivity index (χ3v) is 4.65. The third-order valence-electron chi connectivity index (χ3n) is 4.65. The first-order valence-corrected chi connectivity index (χ1v) is 7.73. The van der Waals surface area contributed by atoms with Gasteiger partial charge in [0.05, 0.1) is 24.1 Å². The Labute approximate surface area is 136 Å². The van der Waals surface area contributed by atoms with E-state index in [0.717, 1.165) is 11.0 Å². The molecule has 2 heterocycles. The molecule has 0 unspecified atom stereocenters. The summed E-state index contributed by atoms with van der Waals surface area (Å²) in [5.74, 6) is 0. The summed E-state index contributed by atoms with van der Waals surface area (Å²) in [6.07, 6.45) is 3.05. The average Bonchev–Trinajstić information content (AvgIpc) is 2.71. The Kier molecular flexibility index (Phi) is 3.90. The van der Waals surface area contributed by atoms with Crippen molar-refractivity contribution in [2.75, 3.05) is 0 Å². The average molecular weight is 312 g/mol. The van der Waals surface area contributed by atoms with Crippen LogP contribution >= 0.6 is 0 Å². The first kappa shape index (κ1) is 16.0. The summed E-state index contributed by atoms with van der Waals surface area (Å²) in [5, 5.41) is 0. The van der Waals surface area contributed by atoms with Crippen molar-refractivity contribution in [2.24, 2.45) is 0 Å². The summed E-state index contributed by atoms with van der Waals surface area (Å²) in [5.41, 5.74) is 1.25. The molecule has 3 rings (SSSR count). The maximum atomic E-state index is 11.7. The minimum Gasteiger partial charge on any atom is -0.399 e. The van der Waals surface area contributed by atoms with Crippen molar-refractivity contribution in [3.8, 4) is 0 Å². The monoisotopic (exact) mass is 312 g/mol. The van der Waals surface area contributed by atoms with E-state index in [1.165, 1.54) is 12.3 Å². The van der Waals surface area contributed by atoms with Crippen LogP contribution in [0, 0.1) is 0 Å². The fourth-order valence-electron chi connectivity index (χ4n) is 2.45. The second kappa shape index (κ2) is 5.62. The highest BCUT2D eigenvalue weighted by molar-refractivity contribution is 6.62. The van der Waals surface area contributed by atoms with Gasteiger partial charge in [0, 0.05) is 12.3 Å². The molecule has 0 atom stereocenters. The predicted molar refractivity (Wildman–Crippen MR) is 89.8 cm³/mol.